The molecule has 0 spiro atoms. The van der Waals surface area contributed by atoms with Gasteiger partial charge >= 0.3 is 0 Å². The van der Waals surface area contributed by atoms with Crippen LogP contribution in [0.2, 0.25) is 0 Å². The third kappa shape index (κ3) is 2.65. The molecule has 0 unspecified atom stereocenters. The van der Waals surface area contributed by atoms with Gasteiger partial charge in [0.15, 0.2) is 0 Å². The quantitative estimate of drug-likeness (QED) is 0.870. The van der Waals surface area contributed by atoms with Gasteiger partial charge in [-0.2, -0.15) is 0 Å². The lowest BCUT2D eigenvalue weighted by molar-refractivity contribution is 0.625. The van der Waals surface area contributed by atoms with Gasteiger partial charge in [-0.05, 0) is 37.6 Å². The molecule has 4 heteroatoms. The first-order valence-corrected chi connectivity index (χ1v) is 6.72. The van der Waals surface area contributed by atoms with Crippen molar-refractivity contribution in [2.24, 2.45) is 5.73 Å². The summed E-state index contributed by atoms with van der Waals surface area (Å²) in [6.45, 7) is 4.07. The molecule has 2 nitrogen and oxygen atoms in total. The first kappa shape index (κ1) is 14.5. The van der Waals surface area contributed by atoms with Crippen LogP contribution >= 0.6 is 12.2 Å². The van der Waals surface area contributed by atoms with Crippen LogP contribution in [0.25, 0.3) is 0 Å². The highest BCUT2D eigenvalue weighted by Crippen LogP contribution is 2.31. The summed E-state index contributed by atoms with van der Waals surface area (Å²) < 4.78 is 13.9. The summed E-state index contributed by atoms with van der Waals surface area (Å²) in [5.41, 5.74) is 9.91. The van der Waals surface area contributed by atoms with E-state index >= 15 is 0 Å². The summed E-state index contributed by atoms with van der Waals surface area (Å²) in [6, 6.07) is 11.0. The normalized spacial score (nSPS) is 10.4. The largest absolute Gasteiger partial charge is 0.389 e. The Hall–Kier alpha value is -1.94. The molecule has 0 saturated carbocycles. The molecule has 104 valence electrons. The zero-order chi connectivity index (χ0) is 14.9. The SMILES string of the molecule is Cc1ccc(N(C)c2cccc(F)c2C(N)=S)c(C)c1. The maximum absolute atomic E-state index is 13.9. The zero-order valence-electron chi connectivity index (χ0n) is 11.8. The molecule has 2 aromatic rings. The van der Waals surface area contributed by atoms with Gasteiger partial charge in [-0.25, -0.2) is 4.39 Å². The Balaban J connectivity index is 2.56. The zero-order valence-corrected chi connectivity index (χ0v) is 12.6. The topological polar surface area (TPSA) is 29.3 Å². The van der Waals surface area contributed by atoms with Crippen LogP contribution in [-0.4, -0.2) is 12.0 Å². The summed E-state index contributed by atoms with van der Waals surface area (Å²) in [6.07, 6.45) is 0. The molecule has 0 heterocycles. The van der Waals surface area contributed by atoms with Crippen molar-refractivity contribution in [3.05, 3.63) is 58.9 Å². The highest BCUT2D eigenvalue weighted by Gasteiger charge is 2.16. The highest BCUT2D eigenvalue weighted by atomic mass is 32.1. The summed E-state index contributed by atoms with van der Waals surface area (Å²) >= 11 is 4.97. The first-order valence-electron chi connectivity index (χ1n) is 6.31. The number of nitrogens with two attached hydrogens (primary N) is 1. The molecule has 0 aliphatic carbocycles. The summed E-state index contributed by atoms with van der Waals surface area (Å²) in [5.74, 6) is -0.397. The van der Waals surface area contributed by atoms with Gasteiger partial charge in [-0.15, -0.1) is 0 Å². The van der Waals surface area contributed by atoms with Crippen LogP contribution in [0.4, 0.5) is 15.8 Å². The van der Waals surface area contributed by atoms with Gasteiger partial charge < -0.3 is 10.6 Å². The molecule has 20 heavy (non-hydrogen) atoms. The lowest BCUT2D eigenvalue weighted by Crippen LogP contribution is -2.19. The van der Waals surface area contributed by atoms with Crippen LogP contribution in [0.1, 0.15) is 16.7 Å². The summed E-state index contributed by atoms with van der Waals surface area (Å²) in [4.78, 5) is 1.97. The molecule has 0 radical (unpaired) electrons. The molecule has 2 rings (SSSR count). The first-order chi connectivity index (χ1) is 9.41. The van der Waals surface area contributed by atoms with Crippen LogP contribution < -0.4 is 10.6 Å². The van der Waals surface area contributed by atoms with Gasteiger partial charge in [0.1, 0.15) is 10.8 Å². The van der Waals surface area contributed by atoms with Crippen molar-refractivity contribution in [3.63, 3.8) is 0 Å². The monoisotopic (exact) mass is 288 g/mol. The molecule has 0 saturated heterocycles. The van der Waals surface area contributed by atoms with E-state index in [1.165, 1.54) is 11.6 Å². The lowest BCUT2D eigenvalue weighted by Gasteiger charge is -2.24. The van der Waals surface area contributed by atoms with E-state index in [1.807, 2.05) is 44.0 Å². The van der Waals surface area contributed by atoms with Gasteiger partial charge in [0.2, 0.25) is 0 Å². The Morgan fingerprint density at radius 2 is 1.85 bits per heavy atom. The number of hydrogen-bond donors (Lipinski definition) is 1. The number of hydrogen-bond acceptors (Lipinski definition) is 2. The van der Waals surface area contributed by atoms with Crippen LogP contribution in [0.5, 0.6) is 0 Å². The van der Waals surface area contributed by atoms with Crippen LogP contribution in [0.15, 0.2) is 36.4 Å². The average Bonchev–Trinajstić information content (AvgIpc) is 2.37. The molecule has 0 amide bonds. The Bertz CT molecular complexity index is 668. The Kier molecular flexibility index (Phi) is 4.04. The summed E-state index contributed by atoms with van der Waals surface area (Å²) in [7, 11) is 1.88. The standard InChI is InChI=1S/C16H17FN2S/c1-10-7-8-13(11(2)9-10)19(3)14-6-4-5-12(17)15(14)16(18)20/h4-9H,1-3H3,(H2,18,20). The maximum Gasteiger partial charge on any atom is 0.135 e. The van der Waals surface area contributed by atoms with Crippen molar-refractivity contribution < 1.29 is 4.39 Å². The van der Waals surface area contributed by atoms with Crippen molar-refractivity contribution >= 4 is 28.6 Å². The van der Waals surface area contributed by atoms with Crippen molar-refractivity contribution in [1.29, 1.82) is 0 Å². The van der Waals surface area contributed by atoms with Crippen LogP contribution in [0.3, 0.4) is 0 Å². The second-order valence-corrected chi connectivity index (χ2v) is 5.29. The molecule has 0 fully saturated rings. The Morgan fingerprint density at radius 1 is 1.15 bits per heavy atom. The minimum atomic E-state index is -0.397. The second kappa shape index (κ2) is 5.59. The van der Waals surface area contributed by atoms with Crippen molar-refractivity contribution in [1.82, 2.24) is 0 Å². The smallest absolute Gasteiger partial charge is 0.135 e. The fourth-order valence-electron chi connectivity index (χ4n) is 2.35. The van der Waals surface area contributed by atoms with E-state index in [4.69, 9.17) is 18.0 Å². The average molecular weight is 288 g/mol. The maximum atomic E-state index is 13.9. The molecule has 0 bridgehead atoms. The minimum Gasteiger partial charge on any atom is -0.389 e. The molecule has 2 aromatic carbocycles. The number of anilines is 2. The van der Waals surface area contributed by atoms with Crippen molar-refractivity contribution in [2.75, 3.05) is 11.9 Å². The molecule has 2 N–H and O–H groups in total. The molecular formula is C16H17FN2S. The minimum absolute atomic E-state index is 0.0646. The predicted octanol–water partition coefficient (Wildman–Crippen LogP) is 3.84. The van der Waals surface area contributed by atoms with Gasteiger partial charge in [0.05, 0.1) is 11.3 Å². The number of benzene rings is 2. The van der Waals surface area contributed by atoms with E-state index in [2.05, 4.69) is 6.07 Å². The Labute approximate surface area is 124 Å². The fraction of sp³-hybridized carbons (Fsp3) is 0.188. The molecule has 0 aliphatic heterocycles. The fourth-order valence-corrected chi connectivity index (χ4v) is 2.55. The van der Waals surface area contributed by atoms with E-state index in [0.717, 1.165) is 11.3 Å². The third-order valence-electron chi connectivity index (χ3n) is 3.31. The number of aryl methyl sites for hydroxylation is 2. The van der Waals surface area contributed by atoms with Gasteiger partial charge in [0.25, 0.3) is 0 Å². The number of nitrogens with zero attached hydrogens (tertiary/aromatic N) is 1. The van der Waals surface area contributed by atoms with E-state index in [0.29, 0.717) is 5.69 Å². The van der Waals surface area contributed by atoms with Crippen molar-refractivity contribution in [2.45, 2.75) is 13.8 Å². The third-order valence-corrected chi connectivity index (χ3v) is 3.52. The van der Waals surface area contributed by atoms with Crippen LogP contribution in [0, 0.1) is 19.7 Å². The second-order valence-electron chi connectivity index (χ2n) is 4.85. The van der Waals surface area contributed by atoms with Crippen LogP contribution in [-0.2, 0) is 0 Å². The van der Waals surface area contributed by atoms with E-state index in [1.54, 1.807) is 6.07 Å². The van der Waals surface area contributed by atoms with E-state index in [-0.39, 0.29) is 10.6 Å². The lowest BCUT2D eigenvalue weighted by atomic mass is 10.1. The van der Waals surface area contributed by atoms with E-state index < -0.39 is 5.82 Å². The number of thiocarbonyl (C=S) groups is 1. The van der Waals surface area contributed by atoms with Crippen molar-refractivity contribution in [3.8, 4) is 0 Å². The summed E-state index contributed by atoms with van der Waals surface area (Å²) in [5, 5.41) is 0. The molecular weight excluding hydrogens is 271 g/mol. The van der Waals surface area contributed by atoms with Gasteiger partial charge in [0, 0.05) is 12.7 Å². The van der Waals surface area contributed by atoms with Gasteiger partial charge in [-0.3, -0.25) is 0 Å². The highest BCUT2D eigenvalue weighted by molar-refractivity contribution is 7.80. The predicted molar refractivity (Wildman–Crippen MR) is 86.3 cm³/mol. The number of halogens is 1. The van der Waals surface area contributed by atoms with Gasteiger partial charge in [-0.1, -0.05) is 36.0 Å². The Morgan fingerprint density at radius 3 is 2.45 bits per heavy atom. The molecule has 0 aromatic heterocycles. The molecule has 0 atom stereocenters. The molecule has 0 aliphatic rings. The van der Waals surface area contributed by atoms with E-state index in [9.17, 15) is 4.39 Å². The number of rotatable bonds is 3.